The summed E-state index contributed by atoms with van der Waals surface area (Å²) in [5.74, 6) is 0.797. The zero-order valence-electron chi connectivity index (χ0n) is 12.5. The average Bonchev–Trinajstić information content (AvgIpc) is 2.76. The molecule has 1 aromatic carbocycles. The van der Waals surface area contributed by atoms with Crippen molar-refractivity contribution in [3.63, 3.8) is 0 Å². The van der Waals surface area contributed by atoms with Crippen LogP contribution in [0.4, 0.5) is 0 Å². The van der Waals surface area contributed by atoms with Crippen molar-refractivity contribution in [1.29, 1.82) is 0 Å². The Labute approximate surface area is 120 Å². The number of H-pyrrole nitrogens is 1. The Hall–Kier alpha value is -1.77. The van der Waals surface area contributed by atoms with Gasteiger partial charge in [-0.1, -0.05) is 25.1 Å². The maximum atomic E-state index is 12.9. The minimum atomic E-state index is 0.186. The number of carbonyl (C=O) groups excluding carboxylic acids is 1. The van der Waals surface area contributed by atoms with Gasteiger partial charge in [0.2, 0.25) is 0 Å². The highest BCUT2D eigenvalue weighted by Gasteiger charge is 2.25. The zero-order valence-corrected chi connectivity index (χ0v) is 12.5. The second-order valence-electron chi connectivity index (χ2n) is 6.12. The SMILES string of the molecule is Cc1[nH]c2c(C)cccc2c1C(=O)N1CCCC(C)C1. The lowest BCUT2D eigenvalue weighted by molar-refractivity contribution is 0.0684. The maximum absolute atomic E-state index is 12.9. The van der Waals surface area contributed by atoms with E-state index in [9.17, 15) is 4.79 Å². The molecule has 1 fully saturated rings. The Bertz CT molecular complexity index is 656. The molecule has 1 atom stereocenters. The number of para-hydroxylation sites is 1. The summed E-state index contributed by atoms with van der Waals surface area (Å²) in [6.07, 6.45) is 2.35. The van der Waals surface area contributed by atoms with E-state index in [1.165, 1.54) is 12.0 Å². The third kappa shape index (κ3) is 2.11. The van der Waals surface area contributed by atoms with Crippen molar-refractivity contribution in [2.75, 3.05) is 13.1 Å². The number of aromatic amines is 1. The van der Waals surface area contributed by atoms with Crippen LogP contribution in [-0.2, 0) is 0 Å². The molecule has 0 radical (unpaired) electrons. The fourth-order valence-corrected chi connectivity index (χ4v) is 3.30. The summed E-state index contributed by atoms with van der Waals surface area (Å²) in [7, 11) is 0. The van der Waals surface area contributed by atoms with Gasteiger partial charge in [-0.3, -0.25) is 4.79 Å². The fraction of sp³-hybridized carbons (Fsp3) is 0.471. The number of benzene rings is 1. The van der Waals surface area contributed by atoms with Crippen LogP contribution in [0, 0.1) is 19.8 Å². The molecule has 0 aliphatic carbocycles. The van der Waals surface area contributed by atoms with Crippen molar-refractivity contribution in [1.82, 2.24) is 9.88 Å². The van der Waals surface area contributed by atoms with Gasteiger partial charge in [-0.15, -0.1) is 0 Å². The molecule has 0 saturated carbocycles. The Morgan fingerprint density at radius 3 is 2.90 bits per heavy atom. The predicted molar refractivity (Wildman–Crippen MR) is 82.1 cm³/mol. The van der Waals surface area contributed by atoms with Crippen LogP contribution >= 0.6 is 0 Å². The van der Waals surface area contributed by atoms with Gasteiger partial charge in [0.1, 0.15) is 0 Å². The molecule has 106 valence electrons. The van der Waals surface area contributed by atoms with Gasteiger partial charge in [0.15, 0.2) is 0 Å². The predicted octanol–water partition coefficient (Wildman–Crippen LogP) is 3.66. The number of hydrogen-bond donors (Lipinski definition) is 1. The molecular weight excluding hydrogens is 248 g/mol. The van der Waals surface area contributed by atoms with Gasteiger partial charge in [-0.25, -0.2) is 0 Å². The first-order valence-corrected chi connectivity index (χ1v) is 7.45. The molecule has 3 rings (SSSR count). The van der Waals surface area contributed by atoms with Crippen molar-refractivity contribution in [3.05, 3.63) is 35.0 Å². The molecule has 1 amide bonds. The first-order valence-electron chi connectivity index (χ1n) is 7.45. The van der Waals surface area contributed by atoms with E-state index in [1.807, 2.05) is 24.0 Å². The minimum absolute atomic E-state index is 0.186. The van der Waals surface area contributed by atoms with Crippen LogP contribution in [0.2, 0.25) is 0 Å². The molecule has 20 heavy (non-hydrogen) atoms. The molecule has 2 heterocycles. The second-order valence-corrected chi connectivity index (χ2v) is 6.12. The normalized spacial score (nSPS) is 19.6. The lowest BCUT2D eigenvalue weighted by Gasteiger charge is -2.31. The minimum Gasteiger partial charge on any atom is -0.358 e. The highest BCUT2D eigenvalue weighted by Crippen LogP contribution is 2.27. The number of nitrogens with zero attached hydrogens (tertiary/aromatic N) is 1. The molecule has 1 saturated heterocycles. The van der Waals surface area contributed by atoms with Gasteiger partial charge in [-0.2, -0.15) is 0 Å². The summed E-state index contributed by atoms with van der Waals surface area (Å²) in [6.45, 7) is 8.08. The summed E-state index contributed by atoms with van der Waals surface area (Å²) in [6, 6.07) is 6.16. The number of aromatic nitrogens is 1. The van der Waals surface area contributed by atoms with E-state index in [0.717, 1.165) is 41.7 Å². The molecule has 3 nitrogen and oxygen atoms in total. The van der Waals surface area contributed by atoms with Gasteiger partial charge >= 0.3 is 0 Å². The van der Waals surface area contributed by atoms with E-state index in [4.69, 9.17) is 0 Å². The Kier molecular flexibility index (Phi) is 3.28. The van der Waals surface area contributed by atoms with Crippen molar-refractivity contribution in [3.8, 4) is 0 Å². The molecule has 2 aromatic rings. The summed E-state index contributed by atoms with van der Waals surface area (Å²) in [5.41, 5.74) is 4.13. The smallest absolute Gasteiger partial charge is 0.256 e. The Balaban J connectivity index is 2.03. The van der Waals surface area contributed by atoms with Crippen LogP contribution in [0.1, 0.15) is 41.4 Å². The summed E-state index contributed by atoms with van der Waals surface area (Å²) >= 11 is 0. The average molecular weight is 270 g/mol. The number of nitrogens with one attached hydrogen (secondary N) is 1. The molecule has 1 aliphatic heterocycles. The van der Waals surface area contributed by atoms with E-state index in [2.05, 4.69) is 24.9 Å². The van der Waals surface area contributed by atoms with Crippen LogP contribution < -0.4 is 0 Å². The van der Waals surface area contributed by atoms with E-state index in [0.29, 0.717) is 5.92 Å². The van der Waals surface area contributed by atoms with Crippen molar-refractivity contribution < 1.29 is 4.79 Å². The van der Waals surface area contributed by atoms with Gasteiger partial charge in [0.05, 0.1) is 5.56 Å². The molecule has 1 N–H and O–H groups in total. The first kappa shape index (κ1) is 13.2. The Morgan fingerprint density at radius 1 is 1.35 bits per heavy atom. The second kappa shape index (κ2) is 4.97. The topological polar surface area (TPSA) is 36.1 Å². The van der Waals surface area contributed by atoms with Crippen molar-refractivity contribution in [2.24, 2.45) is 5.92 Å². The quantitative estimate of drug-likeness (QED) is 0.843. The molecule has 1 unspecified atom stereocenters. The highest BCUT2D eigenvalue weighted by molar-refractivity contribution is 6.08. The van der Waals surface area contributed by atoms with Gasteiger partial charge < -0.3 is 9.88 Å². The van der Waals surface area contributed by atoms with Gasteiger partial charge in [0.25, 0.3) is 5.91 Å². The number of aryl methyl sites for hydroxylation is 2. The molecule has 0 bridgehead atoms. The number of likely N-dealkylation sites (tertiary alicyclic amines) is 1. The van der Waals surface area contributed by atoms with Crippen molar-refractivity contribution >= 4 is 16.8 Å². The van der Waals surface area contributed by atoms with E-state index >= 15 is 0 Å². The van der Waals surface area contributed by atoms with Gasteiger partial charge in [0, 0.05) is 29.7 Å². The third-order valence-electron chi connectivity index (χ3n) is 4.39. The lowest BCUT2D eigenvalue weighted by atomic mass is 9.99. The van der Waals surface area contributed by atoms with Crippen LogP contribution in [0.3, 0.4) is 0 Å². The number of hydrogen-bond acceptors (Lipinski definition) is 1. The lowest BCUT2D eigenvalue weighted by Crippen LogP contribution is -2.39. The molecule has 3 heteroatoms. The highest BCUT2D eigenvalue weighted by atomic mass is 16.2. The summed E-state index contributed by atoms with van der Waals surface area (Å²) < 4.78 is 0. The molecule has 0 spiro atoms. The number of fused-ring (bicyclic) bond motifs is 1. The fourth-order valence-electron chi connectivity index (χ4n) is 3.30. The molecule has 1 aliphatic rings. The third-order valence-corrected chi connectivity index (χ3v) is 4.39. The number of piperidine rings is 1. The van der Waals surface area contributed by atoms with Crippen LogP contribution in [-0.4, -0.2) is 28.9 Å². The number of carbonyl (C=O) groups is 1. The monoisotopic (exact) mass is 270 g/mol. The number of amides is 1. The number of rotatable bonds is 1. The first-order chi connectivity index (χ1) is 9.58. The van der Waals surface area contributed by atoms with Crippen molar-refractivity contribution in [2.45, 2.75) is 33.6 Å². The summed E-state index contributed by atoms with van der Waals surface area (Å²) in [4.78, 5) is 18.3. The standard InChI is InChI=1S/C17H22N2O/c1-11-6-5-9-19(10-11)17(20)15-13(3)18-16-12(2)7-4-8-14(15)16/h4,7-8,11,18H,5-6,9-10H2,1-3H3. The zero-order chi connectivity index (χ0) is 14.3. The van der Waals surface area contributed by atoms with Crippen LogP contribution in [0.25, 0.3) is 10.9 Å². The molecule has 1 aromatic heterocycles. The maximum Gasteiger partial charge on any atom is 0.256 e. The van der Waals surface area contributed by atoms with Gasteiger partial charge in [-0.05, 0) is 38.2 Å². The van der Waals surface area contributed by atoms with E-state index in [1.54, 1.807) is 0 Å². The summed E-state index contributed by atoms with van der Waals surface area (Å²) in [5, 5.41) is 1.06. The van der Waals surface area contributed by atoms with E-state index < -0.39 is 0 Å². The molecular formula is C17H22N2O. The van der Waals surface area contributed by atoms with Crippen LogP contribution in [0.15, 0.2) is 18.2 Å². The Morgan fingerprint density at radius 2 is 2.15 bits per heavy atom. The van der Waals surface area contributed by atoms with Crippen LogP contribution in [0.5, 0.6) is 0 Å². The van der Waals surface area contributed by atoms with E-state index in [-0.39, 0.29) is 5.91 Å². The largest absolute Gasteiger partial charge is 0.358 e.